The van der Waals surface area contributed by atoms with Gasteiger partial charge in [0, 0.05) is 0 Å². The summed E-state index contributed by atoms with van der Waals surface area (Å²) >= 11 is 0. The maximum absolute atomic E-state index is 12.0. The zero-order chi connectivity index (χ0) is 17.0. The second-order valence-corrected chi connectivity index (χ2v) is 6.51. The van der Waals surface area contributed by atoms with Crippen LogP contribution in [0.25, 0.3) is 5.53 Å². The third-order valence-corrected chi connectivity index (χ3v) is 3.56. The summed E-state index contributed by atoms with van der Waals surface area (Å²) in [4.78, 5) is 26.6. The molecule has 1 aliphatic carbocycles. The van der Waals surface area contributed by atoms with Crippen molar-refractivity contribution in [2.45, 2.75) is 64.6 Å². The van der Waals surface area contributed by atoms with Gasteiger partial charge in [-0.3, -0.25) is 4.79 Å². The number of carbonyl (C=O) groups excluding carboxylic acids is 2. The van der Waals surface area contributed by atoms with Crippen molar-refractivity contribution in [3.63, 3.8) is 0 Å². The highest BCUT2D eigenvalue weighted by Crippen LogP contribution is 2.34. The van der Waals surface area contributed by atoms with Crippen LogP contribution in [0, 0.1) is 5.92 Å². The molecule has 7 nitrogen and oxygen atoms in total. The second kappa shape index (κ2) is 7.03. The Kier molecular flexibility index (Phi) is 5.85. The van der Waals surface area contributed by atoms with E-state index in [-0.39, 0.29) is 31.3 Å². The SMILES string of the molecule is CCOC(=O)C(=[N+]=[N-])C1(O)CCC(C(=O)OC(C)(C)C)CC1. The van der Waals surface area contributed by atoms with Gasteiger partial charge in [-0.1, -0.05) is 0 Å². The average Bonchev–Trinajstić information content (AvgIpc) is 2.38. The zero-order valence-electron chi connectivity index (χ0n) is 13.6. The number of hydrogen-bond donors (Lipinski definition) is 1. The van der Waals surface area contributed by atoms with Crippen LogP contribution < -0.4 is 0 Å². The molecule has 0 bridgehead atoms. The largest absolute Gasteiger partial charge is 0.460 e. The monoisotopic (exact) mass is 312 g/mol. The molecule has 1 N–H and O–H groups in total. The third kappa shape index (κ3) is 4.64. The Balaban J connectivity index is 2.72. The van der Waals surface area contributed by atoms with E-state index in [0.29, 0.717) is 12.8 Å². The molecule has 0 saturated heterocycles. The average molecular weight is 312 g/mol. The van der Waals surface area contributed by atoms with Crippen LogP contribution >= 0.6 is 0 Å². The smallest absolute Gasteiger partial charge is 0.420 e. The maximum atomic E-state index is 12.0. The first-order valence-electron chi connectivity index (χ1n) is 7.48. The molecule has 124 valence electrons. The van der Waals surface area contributed by atoms with Crippen LogP contribution in [0.2, 0.25) is 0 Å². The lowest BCUT2D eigenvalue weighted by molar-refractivity contribution is -0.162. The number of hydrogen-bond acceptors (Lipinski definition) is 5. The van der Waals surface area contributed by atoms with Gasteiger partial charge in [0.15, 0.2) is 5.60 Å². The summed E-state index contributed by atoms with van der Waals surface area (Å²) in [6.07, 6.45) is 0.970. The first kappa shape index (κ1) is 18.3. The molecule has 1 aliphatic rings. The third-order valence-electron chi connectivity index (χ3n) is 3.56. The van der Waals surface area contributed by atoms with Gasteiger partial charge < -0.3 is 20.1 Å². The lowest BCUT2D eigenvalue weighted by Gasteiger charge is -2.32. The van der Waals surface area contributed by atoms with E-state index in [4.69, 9.17) is 15.0 Å². The van der Waals surface area contributed by atoms with Crippen molar-refractivity contribution < 1.29 is 29.0 Å². The van der Waals surface area contributed by atoms with Gasteiger partial charge in [0.1, 0.15) is 5.60 Å². The van der Waals surface area contributed by atoms with Crippen molar-refractivity contribution in [1.29, 1.82) is 0 Å². The molecule has 0 aromatic rings. The molecule has 0 radical (unpaired) electrons. The van der Waals surface area contributed by atoms with Gasteiger partial charge in [-0.25, -0.2) is 4.79 Å². The number of nitrogens with zero attached hydrogens (tertiary/aromatic N) is 2. The van der Waals surface area contributed by atoms with Crippen molar-refractivity contribution in [2.75, 3.05) is 6.61 Å². The lowest BCUT2D eigenvalue weighted by atomic mass is 9.76. The van der Waals surface area contributed by atoms with Crippen LogP contribution in [0.1, 0.15) is 53.4 Å². The molecule has 0 aliphatic heterocycles. The maximum Gasteiger partial charge on any atom is 0.420 e. The molecule has 0 aromatic heterocycles. The minimum atomic E-state index is -1.57. The van der Waals surface area contributed by atoms with E-state index in [1.165, 1.54) is 0 Å². The summed E-state index contributed by atoms with van der Waals surface area (Å²) < 4.78 is 10.1. The molecule has 1 rings (SSSR count). The Morgan fingerprint density at radius 1 is 1.32 bits per heavy atom. The Bertz CT molecular complexity index is 481. The van der Waals surface area contributed by atoms with Gasteiger partial charge in [-0.2, -0.15) is 4.79 Å². The number of aliphatic hydroxyl groups is 1. The molecule has 7 heteroatoms. The summed E-state index contributed by atoms with van der Waals surface area (Å²) in [5.41, 5.74) is 6.47. The van der Waals surface area contributed by atoms with Gasteiger partial charge in [-0.05, 0) is 53.4 Å². The van der Waals surface area contributed by atoms with Crippen molar-refractivity contribution in [1.82, 2.24) is 0 Å². The molecule has 0 spiro atoms. The molecule has 1 saturated carbocycles. The summed E-state index contributed by atoms with van der Waals surface area (Å²) in [5, 5.41) is 10.5. The highest BCUT2D eigenvalue weighted by molar-refractivity contribution is 6.37. The van der Waals surface area contributed by atoms with Gasteiger partial charge in [0.2, 0.25) is 0 Å². The van der Waals surface area contributed by atoms with Crippen LogP contribution in [0.5, 0.6) is 0 Å². The number of rotatable bonds is 4. The van der Waals surface area contributed by atoms with Crippen molar-refractivity contribution in [3.05, 3.63) is 5.53 Å². The highest BCUT2D eigenvalue weighted by atomic mass is 16.6. The lowest BCUT2D eigenvalue weighted by Crippen LogP contribution is -2.48. The molecule has 0 unspecified atom stereocenters. The summed E-state index contributed by atoms with van der Waals surface area (Å²) in [6, 6.07) is 0. The van der Waals surface area contributed by atoms with Gasteiger partial charge in [0.05, 0.1) is 12.5 Å². The van der Waals surface area contributed by atoms with Crippen LogP contribution in [-0.2, 0) is 19.1 Å². The van der Waals surface area contributed by atoms with Crippen molar-refractivity contribution in [2.24, 2.45) is 5.92 Å². The number of carbonyl (C=O) groups is 2. The van der Waals surface area contributed by atoms with Crippen molar-refractivity contribution in [3.8, 4) is 0 Å². The molecule has 0 amide bonds. The molecule has 0 atom stereocenters. The minimum absolute atomic E-state index is 0.120. The molecule has 1 fully saturated rings. The standard InChI is InChI=1S/C15H24N2O5/c1-5-21-13(19)11(17-16)15(20)8-6-10(7-9-15)12(18)22-14(2,3)4/h10,20H,5-9H2,1-4H3. The predicted molar refractivity (Wildman–Crippen MR) is 78.0 cm³/mol. The molecular weight excluding hydrogens is 288 g/mol. The minimum Gasteiger partial charge on any atom is -0.460 e. The van der Waals surface area contributed by atoms with Gasteiger partial charge >= 0.3 is 17.7 Å². The molecular formula is C15H24N2O5. The van der Waals surface area contributed by atoms with Crippen LogP contribution in [0.3, 0.4) is 0 Å². The number of ether oxygens (including phenoxy) is 2. The second-order valence-electron chi connectivity index (χ2n) is 6.51. The van der Waals surface area contributed by atoms with Crippen LogP contribution in [-0.4, -0.2) is 45.4 Å². The van der Waals surface area contributed by atoms with Crippen LogP contribution in [0.4, 0.5) is 0 Å². The van der Waals surface area contributed by atoms with E-state index < -0.39 is 22.9 Å². The highest BCUT2D eigenvalue weighted by Gasteiger charge is 2.49. The van der Waals surface area contributed by atoms with E-state index in [1.54, 1.807) is 27.7 Å². The molecule has 22 heavy (non-hydrogen) atoms. The van der Waals surface area contributed by atoms with E-state index >= 15 is 0 Å². The van der Waals surface area contributed by atoms with E-state index in [2.05, 4.69) is 4.79 Å². The van der Waals surface area contributed by atoms with E-state index in [0.717, 1.165) is 0 Å². The first-order valence-corrected chi connectivity index (χ1v) is 7.48. The van der Waals surface area contributed by atoms with Crippen LogP contribution in [0.15, 0.2) is 0 Å². The Labute approximate surface area is 130 Å². The van der Waals surface area contributed by atoms with Crippen molar-refractivity contribution >= 4 is 17.7 Å². The Morgan fingerprint density at radius 2 is 1.86 bits per heavy atom. The quantitative estimate of drug-likeness (QED) is 0.366. The summed E-state index contributed by atoms with van der Waals surface area (Å²) in [6.45, 7) is 7.12. The van der Waals surface area contributed by atoms with Gasteiger partial charge in [-0.15, -0.1) is 0 Å². The van der Waals surface area contributed by atoms with Gasteiger partial charge in [0.25, 0.3) is 0 Å². The predicted octanol–water partition coefficient (Wildman–Crippen LogP) is 1.48. The van der Waals surface area contributed by atoms with E-state index in [9.17, 15) is 14.7 Å². The fourth-order valence-electron chi connectivity index (χ4n) is 2.48. The topological polar surface area (TPSA) is 109 Å². The fourth-order valence-corrected chi connectivity index (χ4v) is 2.48. The Hall–Kier alpha value is -1.72. The summed E-state index contributed by atoms with van der Waals surface area (Å²) in [5.74, 6) is -1.49. The first-order chi connectivity index (χ1) is 10.1. The van der Waals surface area contributed by atoms with E-state index in [1.807, 2.05) is 0 Å². The fraction of sp³-hybridized carbons (Fsp3) is 0.800. The normalized spacial score (nSPS) is 25.0. The summed E-state index contributed by atoms with van der Waals surface area (Å²) in [7, 11) is 0. The molecule has 0 aromatic carbocycles. The molecule has 0 heterocycles. The zero-order valence-corrected chi connectivity index (χ0v) is 13.6. The Morgan fingerprint density at radius 3 is 2.27 bits per heavy atom. The number of esters is 2.